The van der Waals surface area contributed by atoms with Crippen molar-refractivity contribution >= 4 is 28.9 Å². The van der Waals surface area contributed by atoms with Gasteiger partial charge in [-0.25, -0.2) is 0 Å². The first-order valence-electron chi connectivity index (χ1n) is 10.6. The zero-order chi connectivity index (χ0) is 25.2. The van der Waals surface area contributed by atoms with Crippen LogP contribution in [-0.2, 0) is 4.79 Å². The number of methoxy groups -OCH3 is 1. The Morgan fingerprint density at radius 3 is 2.46 bits per heavy atom. The Bertz CT molecular complexity index is 1280. The van der Waals surface area contributed by atoms with E-state index in [1.54, 1.807) is 48.5 Å². The highest BCUT2D eigenvalue weighted by atomic mass is 16.6. The van der Waals surface area contributed by atoms with Gasteiger partial charge in [-0.1, -0.05) is 18.2 Å². The minimum Gasteiger partial charge on any atom is -0.495 e. The summed E-state index contributed by atoms with van der Waals surface area (Å²) in [4.78, 5) is 22.7. The molecule has 0 spiro atoms. The lowest BCUT2D eigenvalue weighted by Crippen LogP contribution is -2.20. The topological polar surface area (TPSA) is 124 Å². The Morgan fingerprint density at radius 1 is 1.06 bits per heavy atom. The van der Waals surface area contributed by atoms with Crippen LogP contribution in [0.15, 0.2) is 66.7 Å². The molecule has 0 aliphatic carbocycles. The van der Waals surface area contributed by atoms with Crippen molar-refractivity contribution in [3.63, 3.8) is 0 Å². The molecule has 1 N–H and O–H groups in total. The van der Waals surface area contributed by atoms with Crippen molar-refractivity contribution < 1.29 is 23.9 Å². The smallest absolute Gasteiger partial charge is 0.269 e. The number of anilines is 1. The van der Waals surface area contributed by atoms with Crippen LogP contribution in [0.25, 0.3) is 11.6 Å². The molecule has 0 aliphatic rings. The van der Waals surface area contributed by atoms with Crippen LogP contribution < -0.4 is 19.5 Å². The van der Waals surface area contributed by atoms with E-state index in [1.165, 1.54) is 31.4 Å². The van der Waals surface area contributed by atoms with Crippen molar-refractivity contribution in [3.8, 4) is 23.3 Å². The fourth-order valence-electron chi connectivity index (χ4n) is 3.19. The normalized spacial score (nSPS) is 10.7. The third kappa shape index (κ3) is 6.58. The van der Waals surface area contributed by atoms with Gasteiger partial charge in [0.2, 0.25) is 0 Å². The molecule has 1 amide bonds. The largest absolute Gasteiger partial charge is 0.495 e. The minimum atomic E-state index is -0.497. The van der Waals surface area contributed by atoms with Crippen molar-refractivity contribution in [2.75, 3.05) is 25.6 Å². The third-order valence-corrected chi connectivity index (χ3v) is 4.83. The van der Waals surface area contributed by atoms with E-state index >= 15 is 0 Å². The summed E-state index contributed by atoms with van der Waals surface area (Å²) in [5.74, 6) is 0.944. The summed E-state index contributed by atoms with van der Waals surface area (Å²) in [5, 5.41) is 23.2. The molecule has 3 rings (SSSR count). The highest BCUT2D eigenvalue weighted by Crippen LogP contribution is 2.31. The van der Waals surface area contributed by atoms with Crippen molar-refractivity contribution in [2.45, 2.75) is 6.92 Å². The molecule has 9 heteroatoms. The molecule has 0 bridgehead atoms. The van der Waals surface area contributed by atoms with E-state index in [0.29, 0.717) is 46.2 Å². The lowest BCUT2D eigenvalue weighted by molar-refractivity contribution is -0.384. The van der Waals surface area contributed by atoms with E-state index in [1.807, 2.05) is 6.92 Å². The standard InChI is InChI=1S/C26H23N3O6/c1-3-34-25-15-18(14-20(16-27)19-9-11-21(12-10-19)29(31)32)8-13-24(25)35-17-26(30)28-22-6-4-5-7-23(22)33-2/h4-15H,3,17H2,1-2H3,(H,28,30). The fourth-order valence-corrected chi connectivity index (χ4v) is 3.19. The maximum Gasteiger partial charge on any atom is 0.269 e. The number of nitro benzene ring substituents is 1. The number of nitriles is 1. The number of carbonyl (C=O) groups is 1. The summed E-state index contributed by atoms with van der Waals surface area (Å²) in [7, 11) is 1.52. The predicted octanol–water partition coefficient (Wildman–Crippen LogP) is 5.08. The first-order chi connectivity index (χ1) is 16.9. The van der Waals surface area contributed by atoms with E-state index in [0.717, 1.165) is 0 Å². The molecule has 0 atom stereocenters. The highest BCUT2D eigenvalue weighted by Gasteiger charge is 2.12. The van der Waals surface area contributed by atoms with E-state index in [9.17, 15) is 20.2 Å². The second-order valence-electron chi connectivity index (χ2n) is 7.15. The summed E-state index contributed by atoms with van der Waals surface area (Å²) < 4.78 is 16.6. The molecule has 0 fully saturated rings. The SMILES string of the molecule is CCOc1cc(C=C(C#N)c2ccc([N+](=O)[O-])cc2)ccc1OCC(=O)Nc1ccccc1OC. The van der Waals surface area contributed by atoms with Crippen LogP contribution in [0, 0.1) is 21.4 Å². The van der Waals surface area contributed by atoms with Gasteiger partial charge in [0.25, 0.3) is 11.6 Å². The van der Waals surface area contributed by atoms with Crippen molar-refractivity contribution in [2.24, 2.45) is 0 Å². The highest BCUT2D eigenvalue weighted by molar-refractivity contribution is 5.93. The van der Waals surface area contributed by atoms with Crippen molar-refractivity contribution in [1.82, 2.24) is 0 Å². The zero-order valence-corrected chi connectivity index (χ0v) is 19.2. The van der Waals surface area contributed by atoms with Crippen LogP contribution in [0.5, 0.6) is 17.2 Å². The lowest BCUT2D eigenvalue weighted by atomic mass is 10.0. The number of hydrogen-bond donors (Lipinski definition) is 1. The number of nitrogens with zero attached hydrogens (tertiary/aromatic N) is 2. The molecule has 3 aromatic rings. The number of benzene rings is 3. The van der Waals surface area contributed by atoms with Gasteiger partial charge in [0.1, 0.15) is 5.75 Å². The third-order valence-electron chi connectivity index (χ3n) is 4.83. The number of ether oxygens (including phenoxy) is 3. The summed E-state index contributed by atoms with van der Waals surface area (Å²) in [6.45, 7) is 1.93. The summed E-state index contributed by atoms with van der Waals surface area (Å²) in [6, 6.07) is 20.0. The van der Waals surface area contributed by atoms with Gasteiger partial charge in [0.05, 0.1) is 36.0 Å². The quantitative estimate of drug-likeness (QED) is 0.188. The summed E-state index contributed by atoms with van der Waals surface area (Å²) in [6.07, 6.45) is 1.64. The van der Waals surface area contributed by atoms with E-state index in [2.05, 4.69) is 11.4 Å². The Labute approximate surface area is 202 Å². The van der Waals surface area contributed by atoms with Gasteiger partial charge >= 0.3 is 0 Å². The Balaban J connectivity index is 1.75. The number of nitrogens with one attached hydrogen (secondary N) is 1. The average molecular weight is 473 g/mol. The molecule has 9 nitrogen and oxygen atoms in total. The van der Waals surface area contributed by atoms with Crippen molar-refractivity contribution in [1.29, 1.82) is 5.26 Å². The Morgan fingerprint density at radius 2 is 1.80 bits per heavy atom. The molecule has 0 unspecified atom stereocenters. The second-order valence-corrected chi connectivity index (χ2v) is 7.15. The molecule has 0 aromatic heterocycles. The van der Waals surface area contributed by atoms with Crippen LogP contribution in [0.4, 0.5) is 11.4 Å². The second kappa shape index (κ2) is 11.9. The number of amides is 1. The van der Waals surface area contributed by atoms with Gasteiger partial charge in [0, 0.05) is 12.1 Å². The predicted molar refractivity (Wildman–Crippen MR) is 131 cm³/mol. The Kier molecular flexibility index (Phi) is 8.40. The Hall–Kier alpha value is -4.84. The average Bonchev–Trinajstić information content (AvgIpc) is 2.87. The summed E-state index contributed by atoms with van der Waals surface area (Å²) in [5.41, 5.74) is 2.01. The van der Waals surface area contributed by atoms with E-state index in [-0.39, 0.29) is 18.2 Å². The van der Waals surface area contributed by atoms with Crippen LogP contribution in [0.3, 0.4) is 0 Å². The molecule has 0 radical (unpaired) electrons. The van der Waals surface area contributed by atoms with Gasteiger partial charge in [-0.05, 0) is 60.5 Å². The van der Waals surface area contributed by atoms with Crippen molar-refractivity contribution in [3.05, 3.63) is 88.0 Å². The molecule has 178 valence electrons. The number of carbonyl (C=O) groups excluding carboxylic acids is 1. The van der Waals surface area contributed by atoms with Crippen LogP contribution in [-0.4, -0.2) is 31.2 Å². The number of para-hydroxylation sites is 2. The number of non-ortho nitro benzene ring substituents is 1. The molecular formula is C26H23N3O6. The van der Waals surface area contributed by atoms with E-state index < -0.39 is 4.92 Å². The maximum atomic E-state index is 12.4. The maximum absolute atomic E-state index is 12.4. The van der Waals surface area contributed by atoms with Gasteiger partial charge in [-0.3, -0.25) is 14.9 Å². The van der Waals surface area contributed by atoms with Gasteiger partial charge in [-0.15, -0.1) is 0 Å². The molecular weight excluding hydrogens is 450 g/mol. The number of allylic oxidation sites excluding steroid dienone is 1. The molecule has 0 saturated heterocycles. The zero-order valence-electron chi connectivity index (χ0n) is 19.2. The van der Waals surface area contributed by atoms with Crippen LogP contribution in [0.2, 0.25) is 0 Å². The molecule has 0 saturated carbocycles. The first kappa shape index (κ1) is 24.8. The minimum absolute atomic E-state index is 0.0547. The lowest BCUT2D eigenvalue weighted by Gasteiger charge is -2.14. The van der Waals surface area contributed by atoms with Gasteiger partial charge in [0.15, 0.2) is 18.1 Å². The monoisotopic (exact) mass is 473 g/mol. The fraction of sp³-hybridized carbons (Fsp3) is 0.154. The number of nitro groups is 1. The number of rotatable bonds is 10. The van der Waals surface area contributed by atoms with Gasteiger partial charge < -0.3 is 19.5 Å². The van der Waals surface area contributed by atoms with Gasteiger partial charge in [-0.2, -0.15) is 5.26 Å². The van der Waals surface area contributed by atoms with Crippen LogP contribution >= 0.6 is 0 Å². The first-order valence-corrected chi connectivity index (χ1v) is 10.6. The molecule has 0 heterocycles. The summed E-state index contributed by atoms with van der Waals surface area (Å²) >= 11 is 0. The molecule has 3 aromatic carbocycles. The molecule has 35 heavy (non-hydrogen) atoms. The van der Waals surface area contributed by atoms with E-state index in [4.69, 9.17) is 14.2 Å². The number of hydrogen-bond acceptors (Lipinski definition) is 7. The van der Waals surface area contributed by atoms with Crippen LogP contribution in [0.1, 0.15) is 18.1 Å². The molecule has 0 aliphatic heterocycles.